The Balaban J connectivity index is 1.19. The highest BCUT2D eigenvalue weighted by molar-refractivity contribution is 8.18. The van der Waals surface area contributed by atoms with Crippen LogP contribution in [0.5, 0.6) is 23.0 Å². The second kappa shape index (κ2) is 12.0. The van der Waals surface area contributed by atoms with Crippen molar-refractivity contribution >= 4 is 52.2 Å². The number of anilines is 2. The van der Waals surface area contributed by atoms with Crippen LogP contribution < -0.4 is 29.6 Å². The Morgan fingerprint density at radius 1 is 0.927 bits per heavy atom. The van der Waals surface area contributed by atoms with Gasteiger partial charge in [0.1, 0.15) is 6.54 Å². The van der Waals surface area contributed by atoms with Gasteiger partial charge in [-0.15, -0.1) is 0 Å². The molecule has 210 valence electrons. The van der Waals surface area contributed by atoms with Crippen LogP contribution in [-0.4, -0.2) is 54.9 Å². The average molecular weight is 576 g/mol. The van der Waals surface area contributed by atoms with Crippen LogP contribution in [0.15, 0.2) is 65.6 Å². The molecule has 11 nitrogen and oxygen atoms in total. The fourth-order valence-corrected chi connectivity index (χ4v) is 4.81. The zero-order valence-electron chi connectivity index (χ0n) is 22.1. The Morgan fingerprint density at radius 3 is 2.44 bits per heavy atom. The molecule has 0 aliphatic carbocycles. The summed E-state index contributed by atoms with van der Waals surface area (Å²) in [4.78, 5) is 51.3. The van der Waals surface area contributed by atoms with Crippen molar-refractivity contribution in [3.05, 3.63) is 76.7 Å². The second-order valence-corrected chi connectivity index (χ2v) is 9.99. The number of rotatable bonds is 9. The van der Waals surface area contributed by atoms with Crippen molar-refractivity contribution < 1.29 is 38.1 Å². The SMILES string of the molecule is COc1cc(/C=C2/SC(=O)N(CC(=O)Nc3ccc4c(c3)OCO4)C2=O)ccc1OCC(=O)Nc1ccc(C)cc1. The van der Waals surface area contributed by atoms with Gasteiger partial charge in [-0.25, -0.2) is 0 Å². The molecule has 2 heterocycles. The minimum absolute atomic E-state index is 0.100. The number of nitrogens with one attached hydrogen (secondary N) is 2. The second-order valence-electron chi connectivity index (χ2n) is 9.00. The number of ether oxygens (including phenoxy) is 4. The van der Waals surface area contributed by atoms with E-state index in [0.29, 0.717) is 39.9 Å². The number of imide groups is 1. The van der Waals surface area contributed by atoms with Gasteiger partial charge in [0, 0.05) is 17.4 Å². The number of thioether (sulfide) groups is 1. The van der Waals surface area contributed by atoms with Gasteiger partial charge in [-0.1, -0.05) is 23.8 Å². The lowest BCUT2D eigenvalue weighted by molar-refractivity contribution is -0.127. The normalized spacial score (nSPS) is 14.8. The topological polar surface area (TPSA) is 133 Å². The maximum Gasteiger partial charge on any atom is 0.294 e. The summed E-state index contributed by atoms with van der Waals surface area (Å²) >= 11 is 0.732. The first-order chi connectivity index (χ1) is 19.8. The standard InChI is InChI=1S/C29H25N3O8S/c1-17-3-6-19(7-4-17)30-27(34)15-38-21-9-5-18(11-23(21)37-2)12-25-28(35)32(29(36)41-25)14-26(33)31-20-8-10-22-24(13-20)40-16-39-22/h3-13H,14-16H2,1-2H3,(H,30,34)(H,31,33)/b25-12+. The first-order valence-electron chi connectivity index (χ1n) is 12.4. The summed E-state index contributed by atoms with van der Waals surface area (Å²) in [6.45, 7) is 1.37. The van der Waals surface area contributed by atoms with E-state index in [1.807, 2.05) is 19.1 Å². The molecular formula is C29H25N3O8S. The van der Waals surface area contributed by atoms with E-state index in [4.69, 9.17) is 18.9 Å². The van der Waals surface area contributed by atoms with Crippen LogP contribution in [0.2, 0.25) is 0 Å². The summed E-state index contributed by atoms with van der Waals surface area (Å²) in [5.41, 5.74) is 2.75. The van der Waals surface area contributed by atoms with E-state index in [2.05, 4.69) is 10.6 Å². The summed E-state index contributed by atoms with van der Waals surface area (Å²) < 4.78 is 21.6. The number of aryl methyl sites for hydroxylation is 1. The number of methoxy groups -OCH3 is 1. The number of hydrogen-bond donors (Lipinski definition) is 2. The summed E-state index contributed by atoms with van der Waals surface area (Å²) in [6.07, 6.45) is 1.52. The predicted molar refractivity (Wildman–Crippen MR) is 152 cm³/mol. The van der Waals surface area contributed by atoms with Crippen LogP contribution in [0.25, 0.3) is 6.08 Å². The van der Waals surface area contributed by atoms with E-state index in [-0.39, 0.29) is 24.2 Å². The number of amides is 4. The molecule has 0 atom stereocenters. The molecule has 4 amide bonds. The maximum atomic E-state index is 12.9. The summed E-state index contributed by atoms with van der Waals surface area (Å²) in [6, 6.07) is 17.2. The van der Waals surface area contributed by atoms with Gasteiger partial charge in [-0.2, -0.15) is 0 Å². The number of carbonyl (C=O) groups excluding carboxylic acids is 4. The van der Waals surface area contributed by atoms with Crippen molar-refractivity contribution in [3.8, 4) is 23.0 Å². The molecule has 3 aromatic rings. The zero-order chi connectivity index (χ0) is 28.9. The molecule has 2 aliphatic heterocycles. The van der Waals surface area contributed by atoms with Crippen molar-refractivity contribution in [2.45, 2.75) is 6.92 Å². The Labute approximate surface area is 239 Å². The minimum atomic E-state index is -0.590. The molecule has 12 heteroatoms. The molecular weight excluding hydrogens is 550 g/mol. The van der Waals surface area contributed by atoms with Gasteiger partial charge in [0.15, 0.2) is 29.6 Å². The zero-order valence-corrected chi connectivity index (χ0v) is 22.9. The van der Waals surface area contributed by atoms with Crippen molar-refractivity contribution in [3.63, 3.8) is 0 Å². The molecule has 0 aromatic heterocycles. The Hall–Kier alpha value is -4.97. The first-order valence-corrected chi connectivity index (χ1v) is 13.2. The number of nitrogens with zero attached hydrogens (tertiary/aromatic N) is 1. The van der Waals surface area contributed by atoms with Gasteiger partial charge in [-0.3, -0.25) is 24.1 Å². The number of fused-ring (bicyclic) bond motifs is 1. The van der Waals surface area contributed by atoms with Crippen LogP contribution >= 0.6 is 11.8 Å². The highest BCUT2D eigenvalue weighted by atomic mass is 32.2. The quantitative estimate of drug-likeness (QED) is 0.356. The van der Waals surface area contributed by atoms with Gasteiger partial charge in [0.05, 0.1) is 12.0 Å². The highest BCUT2D eigenvalue weighted by Crippen LogP contribution is 2.36. The largest absolute Gasteiger partial charge is 0.493 e. The molecule has 0 bridgehead atoms. The van der Waals surface area contributed by atoms with Crippen LogP contribution in [0.3, 0.4) is 0 Å². The highest BCUT2D eigenvalue weighted by Gasteiger charge is 2.36. The molecule has 1 saturated heterocycles. The summed E-state index contributed by atoms with van der Waals surface area (Å²) in [5, 5.41) is 4.85. The number of benzene rings is 3. The fraction of sp³-hybridized carbons (Fsp3) is 0.172. The van der Waals surface area contributed by atoms with Crippen molar-refractivity contribution in [1.82, 2.24) is 4.90 Å². The van der Waals surface area contributed by atoms with Crippen molar-refractivity contribution in [2.75, 3.05) is 37.7 Å². The molecule has 0 radical (unpaired) electrons. The van der Waals surface area contributed by atoms with Crippen LogP contribution in [-0.2, 0) is 14.4 Å². The smallest absolute Gasteiger partial charge is 0.294 e. The molecule has 2 aliphatic rings. The Kier molecular flexibility index (Phi) is 8.11. The summed E-state index contributed by atoms with van der Waals surface area (Å²) in [7, 11) is 1.45. The van der Waals surface area contributed by atoms with Crippen molar-refractivity contribution in [1.29, 1.82) is 0 Å². The molecule has 2 N–H and O–H groups in total. The van der Waals surface area contributed by atoms with E-state index in [1.165, 1.54) is 13.2 Å². The Bertz CT molecular complexity index is 1550. The molecule has 1 fully saturated rings. The van der Waals surface area contributed by atoms with E-state index >= 15 is 0 Å². The van der Waals surface area contributed by atoms with Gasteiger partial charge < -0.3 is 29.6 Å². The average Bonchev–Trinajstić information content (AvgIpc) is 3.53. The molecule has 3 aromatic carbocycles. The van der Waals surface area contributed by atoms with Gasteiger partial charge in [0.25, 0.3) is 17.1 Å². The first kappa shape index (κ1) is 27.6. The number of carbonyl (C=O) groups is 4. The minimum Gasteiger partial charge on any atom is -0.493 e. The van der Waals surface area contributed by atoms with E-state index in [9.17, 15) is 19.2 Å². The third kappa shape index (κ3) is 6.61. The Morgan fingerprint density at radius 2 is 1.66 bits per heavy atom. The fourth-order valence-electron chi connectivity index (χ4n) is 3.98. The van der Waals surface area contributed by atoms with Crippen LogP contribution in [0.4, 0.5) is 16.2 Å². The lowest BCUT2D eigenvalue weighted by atomic mass is 10.2. The summed E-state index contributed by atoms with van der Waals surface area (Å²) in [5.74, 6) is 0.264. The monoisotopic (exact) mass is 575 g/mol. The molecule has 5 rings (SSSR count). The molecule has 0 unspecified atom stereocenters. The lowest BCUT2D eigenvalue weighted by Gasteiger charge is -2.13. The third-order valence-electron chi connectivity index (χ3n) is 6.01. The third-order valence-corrected chi connectivity index (χ3v) is 6.92. The van der Waals surface area contributed by atoms with Gasteiger partial charge in [-0.05, 0) is 66.7 Å². The van der Waals surface area contributed by atoms with E-state index in [0.717, 1.165) is 22.2 Å². The van der Waals surface area contributed by atoms with E-state index < -0.39 is 23.6 Å². The van der Waals surface area contributed by atoms with Crippen molar-refractivity contribution in [2.24, 2.45) is 0 Å². The van der Waals surface area contributed by atoms with Gasteiger partial charge >= 0.3 is 0 Å². The predicted octanol–water partition coefficient (Wildman–Crippen LogP) is 4.42. The van der Waals surface area contributed by atoms with Crippen LogP contribution in [0, 0.1) is 6.92 Å². The molecule has 0 saturated carbocycles. The molecule has 0 spiro atoms. The van der Waals surface area contributed by atoms with Crippen LogP contribution in [0.1, 0.15) is 11.1 Å². The van der Waals surface area contributed by atoms with Gasteiger partial charge in [0.2, 0.25) is 12.7 Å². The maximum absolute atomic E-state index is 12.9. The molecule has 41 heavy (non-hydrogen) atoms. The number of hydrogen-bond acceptors (Lipinski definition) is 9. The lowest BCUT2D eigenvalue weighted by Crippen LogP contribution is -2.36. The van der Waals surface area contributed by atoms with E-state index in [1.54, 1.807) is 48.5 Å².